The summed E-state index contributed by atoms with van der Waals surface area (Å²) in [7, 11) is 0. The van der Waals surface area contributed by atoms with Gasteiger partial charge in [-0.05, 0) is 23.6 Å². The molecule has 0 bridgehead atoms. The molecule has 3 nitrogen and oxygen atoms in total. The molecule has 0 spiro atoms. The highest BCUT2D eigenvalue weighted by molar-refractivity contribution is 5.79. The van der Waals surface area contributed by atoms with Crippen LogP contribution in [0.2, 0.25) is 0 Å². The highest BCUT2D eigenvalue weighted by atomic mass is 16.1. The quantitative estimate of drug-likeness (QED) is 0.770. The normalized spacial score (nSPS) is 13.7. The Labute approximate surface area is 89.9 Å². The van der Waals surface area contributed by atoms with Gasteiger partial charge in [-0.25, -0.2) is 0 Å². The molecule has 0 radical (unpaired) electrons. The fraction of sp³-hybridized carbons (Fsp3) is 0.417. The lowest BCUT2D eigenvalue weighted by Gasteiger charge is -2.07. The van der Waals surface area contributed by atoms with E-state index in [1.165, 1.54) is 11.1 Å². The number of benzene rings is 1. The molecular formula is C12H16N2O. The number of hydrogen-bond donors (Lipinski definition) is 2. The van der Waals surface area contributed by atoms with E-state index in [-0.39, 0.29) is 5.91 Å². The van der Waals surface area contributed by atoms with Crippen molar-refractivity contribution in [2.45, 2.75) is 26.4 Å². The molecule has 80 valence electrons. The van der Waals surface area contributed by atoms with E-state index in [1.54, 1.807) is 0 Å². The Kier molecular flexibility index (Phi) is 3.02. The summed E-state index contributed by atoms with van der Waals surface area (Å²) in [6, 6.07) is 6.19. The lowest BCUT2D eigenvalue weighted by Crippen LogP contribution is -2.24. The van der Waals surface area contributed by atoms with Gasteiger partial charge in [-0.1, -0.05) is 18.2 Å². The van der Waals surface area contributed by atoms with Gasteiger partial charge in [0.2, 0.25) is 5.91 Å². The summed E-state index contributed by atoms with van der Waals surface area (Å²) in [5.41, 5.74) is 3.80. The van der Waals surface area contributed by atoms with Crippen LogP contribution >= 0.6 is 0 Å². The van der Waals surface area contributed by atoms with Crippen LogP contribution in [0.4, 0.5) is 0 Å². The topological polar surface area (TPSA) is 41.1 Å². The molecule has 2 N–H and O–H groups in total. The number of carbonyl (C=O) groups excluding carboxylic acids is 1. The Hall–Kier alpha value is -1.35. The molecular weight excluding hydrogens is 188 g/mol. The molecule has 0 aliphatic carbocycles. The minimum absolute atomic E-state index is 0.109. The SMILES string of the molecule is CCNC(=O)Cc1cccc2c1CNC2. The fourth-order valence-corrected chi connectivity index (χ4v) is 2.00. The molecule has 1 aromatic rings. The van der Waals surface area contributed by atoms with E-state index in [1.807, 2.05) is 19.1 Å². The van der Waals surface area contributed by atoms with Gasteiger partial charge in [0.15, 0.2) is 0 Å². The molecule has 0 aromatic heterocycles. The summed E-state index contributed by atoms with van der Waals surface area (Å²) >= 11 is 0. The molecule has 1 amide bonds. The van der Waals surface area contributed by atoms with Crippen molar-refractivity contribution in [2.24, 2.45) is 0 Å². The van der Waals surface area contributed by atoms with Gasteiger partial charge in [-0.3, -0.25) is 4.79 Å². The number of hydrogen-bond acceptors (Lipinski definition) is 2. The minimum Gasteiger partial charge on any atom is -0.356 e. The number of carbonyl (C=O) groups is 1. The van der Waals surface area contributed by atoms with E-state index >= 15 is 0 Å². The Morgan fingerprint density at radius 3 is 3.13 bits per heavy atom. The second-order valence-electron chi connectivity index (χ2n) is 3.79. The van der Waals surface area contributed by atoms with Gasteiger partial charge in [0.05, 0.1) is 6.42 Å². The van der Waals surface area contributed by atoms with Crippen LogP contribution in [0.3, 0.4) is 0 Å². The molecule has 1 aliphatic heterocycles. The standard InChI is InChI=1S/C12H16N2O/c1-2-14-12(15)6-9-4-3-5-10-7-13-8-11(9)10/h3-5,13H,2,6-8H2,1H3,(H,14,15). The number of rotatable bonds is 3. The Morgan fingerprint density at radius 1 is 1.47 bits per heavy atom. The summed E-state index contributed by atoms with van der Waals surface area (Å²) in [5.74, 6) is 0.109. The van der Waals surface area contributed by atoms with Gasteiger partial charge in [0.1, 0.15) is 0 Å². The van der Waals surface area contributed by atoms with Crippen LogP contribution in [0.15, 0.2) is 18.2 Å². The van der Waals surface area contributed by atoms with Gasteiger partial charge < -0.3 is 10.6 Å². The lowest BCUT2D eigenvalue weighted by molar-refractivity contribution is -0.120. The van der Waals surface area contributed by atoms with Gasteiger partial charge >= 0.3 is 0 Å². The first-order valence-electron chi connectivity index (χ1n) is 5.38. The molecule has 15 heavy (non-hydrogen) atoms. The zero-order valence-corrected chi connectivity index (χ0v) is 8.97. The van der Waals surface area contributed by atoms with Crippen molar-refractivity contribution in [3.05, 3.63) is 34.9 Å². The Balaban J connectivity index is 2.15. The third-order valence-electron chi connectivity index (χ3n) is 2.71. The van der Waals surface area contributed by atoms with E-state index < -0.39 is 0 Å². The maximum Gasteiger partial charge on any atom is 0.224 e. The number of amides is 1. The fourth-order valence-electron chi connectivity index (χ4n) is 2.00. The average Bonchev–Trinajstić information content (AvgIpc) is 2.67. The first-order valence-corrected chi connectivity index (χ1v) is 5.38. The van der Waals surface area contributed by atoms with Crippen LogP contribution in [0.5, 0.6) is 0 Å². The van der Waals surface area contributed by atoms with Crippen LogP contribution in [0.25, 0.3) is 0 Å². The third-order valence-corrected chi connectivity index (χ3v) is 2.71. The van der Waals surface area contributed by atoms with Crippen LogP contribution in [0.1, 0.15) is 23.6 Å². The first-order chi connectivity index (χ1) is 7.31. The molecule has 0 atom stereocenters. The second kappa shape index (κ2) is 4.45. The van der Waals surface area contributed by atoms with E-state index in [2.05, 4.69) is 16.7 Å². The molecule has 0 saturated heterocycles. The molecule has 0 fully saturated rings. The predicted molar refractivity (Wildman–Crippen MR) is 59.4 cm³/mol. The molecule has 1 heterocycles. The largest absolute Gasteiger partial charge is 0.356 e. The molecule has 1 aromatic carbocycles. The zero-order chi connectivity index (χ0) is 10.7. The summed E-state index contributed by atoms with van der Waals surface area (Å²) in [6.07, 6.45) is 0.499. The van der Waals surface area contributed by atoms with Crippen LogP contribution in [0, 0.1) is 0 Å². The highest BCUT2D eigenvalue weighted by Gasteiger charge is 2.14. The lowest BCUT2D eigenvalue weighted by atomic mass is 10.0. The van der Waals surface area contributed by atoms with E-state index in [0.29, 0.717) is 13.0 Å². The predicted octanol–water partition coefficient (Wildman–Crippen LogP) is 0.968. The maximum atomic E-state index is 11.5. The molecule has 1 aliphatic rings. The van der Waals surface area contributed by atoms with Gasteiger partial charge in [-0.15, -0.1) is 0 Å². The van der Waals surface area contributed by atoms with Crippen molar-refractivity contribution in [1.82, 2.24) is 10.6 Å². The van der Waals surface area contributed by atoms with Gasteiger partial charge in [-0.2, -0.15) is 0 Å². The first kappa shape index (κ1) is 10.2. The van der Waals surface area contributed by atoms with Crippen LogP contribution in [-0.4, -0.2) is 12.5 Å². The summed E-state index contributed by atoms with van der Waals surface area (Å²) < 4.78 is 0. The molecule has 0 saturated carbocycles. The monoisotopic (exact) mass is 204 g/mol. The van der Waals surface area contributed by atoms with Crippen molar-refractivity contribution < 1.29 is 4.79 Å². The number of likely N-dealkylation sites (N-methyl/N-ethyl adjacent to an activating group) is 1. The van der Waals surface area contributed by atoms with Crippen molar-refractivity contribution >= 4 is 5.91 Å². The number of fused-ring (bicyclic) bond motifs is 1. The van der Waals surface area contributed by atoms with E-state index in [9.17, 15) is 4.79 Å². The summed E-state index contributed by atoms with van der Waals surface area (Å²) in [5, 5.41) is 6.13. The van der Waals surface area contributed by atoms with Crippen LogP contribution in [-0.2, 0) is 24.3 Å². The zero-order valence-electron chi connectivity index (χ0n) is 8.97. The van der Waals surface area contributed by atoms with E-state index in [4.69, 9.17) is 0 Å². The van der Waals surface area contributed by atoms with Crippen molar-refractivity contribution in [1.29, 1.82) is 0 Å². The maximum absolute atomic E-state index is 11.5. The smallest absolute Gasteiger partial charge is 0.224 e. The van der Waals surface area contributed by atoms with Crippen molar-refractivity contribution in [2.75, 3.05) is 6.54 Å². The molecule has 3 heteroatoms. The molecule has 2 rings (SSSR count). The third kappa shape index (κ3) is 2.18. The van der Waals surface area contributed by atoms with Gasteiger partial charge in [0, 0.05) is 19.6 Å². The summed E-state index contributed by atoms with van der Waals surface area (Å²) in [4.78, 5) is 11.5. The van der Waals surface area contributed by atoms with Crippen LogP contribution < -0.4 is 10.6 Å². The average molecular weight is 204 g/mol. The van der Waals surface area contributed by atoms with Crippen molar-refractivity contribution in [3.63, 3.8) is 0 Å². The Bertz CT molecular complexity index is 374. The minimum atomic E-state index is 0.109. The molecule has 0 unspecified atom stereocenters. The highest BCUT2D eigenvalue weighted by Crippen LogP contribution is 2.19. The second-order valence-corrected chi connectivity index (χ2v) is 3.79. The van der Waals surface area contributed by atoms with Crippen molar-refractivity contribution in [3.8, 4) is 0 Å². The number of nitrogens with one attached hydrogen (secondary N) is 2. The van der Waals surface area contributed by atoms with Gasteiger partial charge in [0.25, 0.3) is 0 Å². The van der Waals surface area contributed by atoms with E-state index in [0.717, 1.165) is 18.7 Å². The Morgan fingerprint density at radius 2 is 2.33 bits per heavy atom. The summed E-state index contributed by atoms with van der Waals surface area (Å²) in [6.45, 7) is 4.46.